The molecule has 6 heterocycles. The van der Waals surface area contributed by atoms with Crippen LogP contribution in [-0.4, -0.2) is 94.3 Å². The monoisotopic (exact) mass is 967 g/mol. The van der Waals surface area contributed by atoms with Gasteiger partial charge in [-0.2, -0.15) is 10.2 Å². The first-order valence-corrected chi connectivity index (χ1v) is 19.4. The van der Waals surface area contributed by atoms with E-state index in [0.29, 0.717) is 48.7 Å². The van der Waals surface area contributed by atoms with Crippen LogP contribution in [0.25, 0.3) is 11.6 Å². The second-order valence-corrected chi connectivity index (χ2v) is 16.9. The predicted molar refractivity (Wildman–Crippen MR) is 213 cm³/mol. The third-order valence-electron chi connectivity index (χ3n) is 7.97. The zero-order chi connectivity index (χ0) is 39.5. The fourth-order valence-corrected chi connectivity index (χ4v) is 6.64. The van der Waals surface area contributed by atoms with Crippen molar-refractivity contribution in [3.05, 3.63) is 77.7 Å². The molecule has 0 saturated heterocycles. The number of fused-ring (bicyclic) bond motifs is 2. The van der Waals surface area contributed by atoms with Crippen molar-refractivity contribution in [1.82, 2.24) is 39.3 Å². The minimum atomic E-state index is -0.628. The van der Waals surface area contributed by atoms with Crippen molar-refractivity contribution < 1.29 is 33.4 Å². The van der Waals surface area contributed by atoms with E-state index in [1.807, 2.05) is 65.8 Å². The van der Waals surface area contributed by atoms with Gasteiger partial charge >= 0.3 is 18.2 Å². The highest BCUT2D eigenvalue weighted by molar-refractivity contribution is 14.1. The molecule has 0 fully saturated rings. The van der Waals surface area contributed by atoms with E-state index >= 15 is 0 Å². The lowest BCUT2D eigenvalue weighted by Gasteiger charge is -2.30. The highest BCUT2D eigenvalue weighted by atomic mass is 127. The van der Waals surface area contributed by atoms with Gasteiger partial charge in [-0.05, 0) is 118 Å². The van der Waals surface area contributed by atoms with Crippen molar-refractivity contribution >= 4 is 69.2 Å². The van der Waals surface area contributed by atoms with Crippen molar-refractivity contribution in [1.29, 1.82) is 0 Å². The number of nitrogens with zero attached hydrogens (tertiary/aromatic N) is 8. The average molecular weight is 968 g/mol. The maximum Gasteiger partial charge on any atom is 0.410 e. The minimum Gasteiger partial charge on any atom is -0.461 e. The third kappa shape index (κ3) is 9.85. The zero-order valence-corrected chi connectivity index (χ0v) is 35.5. The smallest absolute Gasteiger partial charge is 0.410 e. The molecular formula is C36H43I2N9O7. The van der Waals surface area contributed by atoms with Crippen LogP contribution in [0.2, 0.25) is 0 Å². The molecule has 288 valence electrons. The third-order valence-corrected chi connectivity index (χ3v) is 9.31. The number of rotatable bonds is 5. The summed E-state index contributed by atoms with van der Waals surface area (Å²) in [5.41, 5.74) is 7.74. The number of carbonyl (C=O) groups is 4. The lowest BCUT2D eigenvalue weighted by molar-refractivity contribution is 0.0211. The number of nitrogens with two attached hydrogens (primary N) is 1. The van der Waals surface area contributed by atoms with Gasteiger partial charge in [-0.25, -0.2) is 33.7 Å². The van der Waals surface area contributed by atoms with Gasteiger partial charge in [0, 0.05) is 56.6 Å². The molecule has 18 heteroatoms. The number of aromatic nitrogens is 6. The molecule has 4 aromatic rings. The molecular weight excluding hydrogens is 924 g/mol. The first-order valence-electron chi connectivity index (χ1n) is 17.2. The van der Waals surface area contributed by atoms with Crippen LogP contribution in [0.3, 0.4) is 0 Å². The number of ether oxygens (including phenoxy) is 3. The Morgan fingerprint density at radius 1 is 0.741 bits per heavy atom. The molecule has 0 saturated carbocycles. The van der Waals surface area contributed by atoms with Gasteiger partial charge in [0.15, 0.2) is 23.0 Å². The summed E-state index contributed by atoms with van der Waals surface area (Å²) in [6.07, 6.45) is 3.62. The Labute approximate surface area is 340 Å². The predicted octanol–water partition coefficient (Wildman–Crippen LogP) is 5.61. The number of primary amides is 1. The summed E-state index contributed by atoms with van der Waals surface area (Å²) in [5.74, 6) is 0.113. The highest BCUT2D eigenvalue weighted by Crippen LogP contribution is 2.28. The molecule has 0 atom stereocenters. The van der Waals surface area contributed by atoms with Crippen molar-refractivity contribution in [2.24, 2.45) is 5.73 Å². The van der Waals surface area contributed by atoms with E-state index < -0.39 is 35.3 Å². The van der Waals surface area contributed by atoms with E-state index in [9.17, 15) is 19.2 Å². The van der Waals surface area contributed by atoms with E-state index in [1.54, 1.807) is 38.5 Å². The zero-order valence-electron chi connectivity index (χ0n) is 31.2. The van der Waals surface area contributed by atoms with E-state index in [4.69, 9.17) is 19.9 Å². The van der Waals surface area contributed by atoms with Crippen LogP contribution in [0, 0.1) is 7.14 Å². The van der Waals surface area contributed by atoms with Gasteiger partial charge in [0.2, 0.25) is 0 Å². The van der Waals surface area contributed by atoms with Gasteiger partial charge in [-0.1, -0.05) is 0 Å². The molecule has 4 aromatic heterocycles. The fraction of sp³-hybridized carbons (Fsp3) is 0.444. The Morgan fingerprint density at radius 2 is 1.17 bits per heavy atom. The molecule has 0 bridgehead atoms. The highest BCUT2D eigenvalue weighted by Gasteiger charge is 2.34. The Bertz CT molecular complexity index is 2070. The lowest BCUT2D eigenvalue weighted by atomic mass is 10.1. The normalized spacial score (nSPS) is 13.9. The average Bonchev–Trinajstić information content (AvgIpc) is 3.66. The first kappa shape index (κ1) is 40.8. The largest absolute Gasteiger partial charge is 0.461 e. The summed E-state index contributed by atoms with van der Waals surface area (Å²) in [6, 6.07) is 7.53. The topological polar surface area (TPSA) is 190 Å². The first-order chi connectivity index (χ1) is 25.3. The van der Waals surface area contributed by atoms with Crippen LogP contribution in [0.15, 0.2) is 36.7 Å². The number of pyridine rings is 2. The SMILES string of the molecule is CC(C)(C)OC(=O)N1CCc2c(c(C(N)=O)nn2-c2cc(I)ccn2)C1.CCOC(=O)c1nn(-c2cc(I)ccn2)c2c1CN(C(=O)OC(C)(C)C)CC2. The molecule has 6 rings (SSSR count). The molecule has 0 aliphatic carbocycles. The number of hydrogen-bond acceptors (Lipinski definition) is 11. The summed E-state index contributed by atoms with van der Waals surface area (Å²) in [4.78, 5) is 61.1. The standard InChI is InChI=1S/C19H23IN4O4.C17H20IN5O3/c1-5-27-17(25)16-13-11-23(18(26)28-19(2,3)4)9-7-14(13)24(22-16)15-10-12(20)6-8-21-15;1-17(2,3)26-16(25)22-7-5-12-11(9-22)14(15(19)24)21-23(12)13-8-10(18)4-6-20-13/h6,8,10H,5,7,9,11H2,1-4H3;4,6,8H,5,7,9H2,1-3H3,(H2,19,24). The summed E-state index contributed by atoms with van der Waals surface area (Å²) < 4.78 is 21.4. The Kier molecular flexibility index (Phi) is 12.5. The minimum absolute atomic E-state index is 0.161. The molecule has 2 aliphatic rings. The molecule has 0 aromatic carbocycles. The number of hydrogen-bond donors (Lipinski definition) is 1. The van der Waals surface area contributed by atoms with Crippen molar-refractivity contribution in [2.45, 2.75) is 85.6 Å². The van der Waals surface area contributed by atoms with Crippen LogP contribution in [-0.2, 0) is 40.1 Å². The van der Waals surface area contributed by atoms with Gasteiger partial charge in [0.05, 0.1) is 31.1 Å². The second-order valence-electron chi connectivity index (χ2n) is 14.4. The van der Waals surface area contributed by atoms with E-state index in [1.165, 1.54) is 0 Å². The Morgan fingerprint density at radius 3 is 1.56 bits per heavy atom. The van der Waals surface area contributed by atoms with Crippen molar-refractivity contribution in [3.8, 4) is 11.6 Å². The summed E-state index contributed by atoms with van der Waals surface area (Å²) >= 11 is 4.39. The maximum absolute atomic E-state index is 12.5. The van der Waals surface area contributed by atoms with Gasteiger partial charge < -0.3 is 29.7 Å². The molecule has 0 unspecified atom stereocenters. The van der Waals surface area contributed by atoms with E-state index in [0.717, 1.165) is 18.5 Å². The molecule has 0 spiro atoms. The van der Waals surface area contributed by atoms with E-state index in [-0.39, 0.29) is 31.1 Å². The fourth-order valence-electron chi connectivity index (χ4n) is 5.76. The molecule has 54 heavy (non-hydrogen) atoms. The van der Waals surface area contributed by atoms with Crippen LogP contribution in [0.4, 0.5) is 9.59 Å². The molecule has 3 amide bonds. The number of carbonyl (C=O) groups excluding carboxylic acids is 4. The Hall–Kier alpha value is -4.34. The number of esters is 1. The van der Waals surface area contributed by atoms with Gasteiger partial charge in [-0.15, -0.1) is 0 Å². The van der Waals surface area contributed by atoms with Crippen LogP contribution in [0.1, 0.15) is 92.0 Å². The summed E-state index contributed by atoms with van der Waals surface area (Å²) in [6.45, 7) is 14.3. The lowest BCUT2D eigenvalue weighted by Crippen LogP contribution is -2.40. The summed E-state index contributed by atoms with van der Waals surface area (Å²) in [5, 5.41) is 8.86. The van der Waals surface area contributed by atoms with Crippen molar-refractivity contribution in [3.63, 3.8) is 0 Å². The van der Waals surface area contributed by atoms with E-state index in [2.05, 4.69) is 65.3 Å². The van der Waals surface area contributed by atoms with Gasteiger partial charge in [0.1, 0.15) is 11.2 Å². The molecule has 2 aliphatic heterocycles. The maximum atomic E-state index is 12.5. The van der Waals surface area contributed by atoms with Crippen molar-refractivity contribution in [2.75, 3.05) is 19.7 Å². The quantitative estimate of drug-likeness (QED) is 0.149. The van der Waals surface area contributed by atoms with Crippen LogP contribution in [0.5, 0.6) is 0 Å². The Balaban J connectivity index is 0.000000208. The molecule has 0 radical (unpaired) electrons. The number of amides is 3. The molecule has 2 N–H and O–H groups in total. The number of halogens is 2. The molecule has 16 nitrogen and oxygen atoms in total. The van der Waals surface area contributed by atoms with Crippen LogP contribution < -0.4 is 5.73 Å². The summed E-state index contributed by atoms with van der Waals surface area (Å²) in [7, 11) is 0. The second kappa shape index (κ2) is 16.6. The van der Waals surface area contributed by atoms with Crippen LogP contribution >= 0.6 is 45.2 Å². The van der Waals surface area contributed by atoms with Gasteiger partial charge in [0.25, 0.3) is 5.91 Å². The van der Waals surface area contributed by atoms with Gasteiger partial charge in [-0.3, -0.25) is 4.79 Å².